The molecule has 0 saturated carbocycles. The van der Waals surface area contributed by atoms with Crippen molar-refractivity contribution in [2.45, 2.75) is 85.2 Å². The van der Waals surface area contributed by atoms with Crippen molar-refractivity contribution in [2.24, 2.45) is 0 Å². The van der Waals surface area contributed by atoms with E-state index < -0.39 is 17.5 Å². The maximum atomic E-state index is 11.9. The summed E-state index contributed by atoms with van der Waals surface area (Å²) in [4.78, 5) is 46.5. The summed E-state index contributed by atoms with van der Waals surface area (Å²) in [5.74, 6) is -0.626. The van der Waals surface area contributed by atoms with Gasteiger partial charge >= 0.3 is 0 Å². The Morgan fingerprint density at radius 3 is 1.84 bits per heavy atom. The van der Waals surface area contributed by atoms with Crippen molar-refractivity contribution in [3.8, 4) is 0 Å². The van der Waals surface area contributed by atoms with E-state index in [1.165, 1.54) is 6.08 Å². The number of rotatable bonds is 11. The molecule has 25 heavy (non-hydrogen) atoms. The number of carbonyl (C=O) groups is 2. The molecule has 0 fully saturated rings. The van der Waals surface area contributed by atoms with Crippen LogP contribution in [0, 0.1) is 0 Å². The van der Waals surface area contributed by atoms with Gasteiger partial charge < -0.3 is 0 Å². The molecular formula is C18H31NO6. The Morgan fingerprint density at radius 1 is 1.00 bits per heavy atom. The summed E-state index contributed by atoms with van der Waals surface area (Å²) in [6, 6.07) is 0. The molecule has 1 aliphatic rings. The van der Waals surface area contributed by atoms with Gasteiger partial charge in [0.1, 0.15) is 0 Å². The molecule has 0 aromatic carbocycles. The summed E-state index contributed by atoms with van der Waals surface area (Å²) >= 11 is 0. The molecule has 1 heterocycles. The number of amides is 2. The Morgan fingerprint density at radius 2 is 1.48 bits per heavy atom. The van der Waals surface area contributed by atoms with Crippen LogP contribution < -0.4 is 0 Å². The molecular weight excluding hydrogens is 326 g/mol. The van der Waals surface area contributed by atoms with E-state index in [9.17, 15) is 9.59 Å². The van der Waals surface area contributed by atoms with E-state index in [0.29, 0.717) is 5.57 Å². The molecule has 0 spiro atoms. The molecule has 0 saturated heterocycles. The van der Waals surface area contributed by atoms with E-state index in [1.807, 2.05) is 41.5 Å². The Kier molecular flexibility index (Phi) is 7.74. The van der Waals surface area contributed by atoms with Crippen molar-refractivity contribution in [3.63, 3.8) is 0 Å². The third kappa shape index (κ3) is 6.86. The van der Waals surface area contributed by atoms with Gasteiger partial charge in [-0.15, -0.1) is 0 Å². The van der Waals surface area contributed by atoms with Gasteiger partial charge in [-0.1, -0.05) is 13.8 Å². The van der Waals surface area contributed by atoms with Gasteiger partial charge in [0.05, 0.1) is 11.2 Å². The quantitative estimate of drug-likeness (QED) is 0.244. The van der Waals surface area contributed by atoms with Crippen LogP contribution in [0.2, 0.25) is 0 Å². The molecule has 0 radical (unpaired) electrons. The maximum absolute atomic E-state index is 11.9. The minimum atomic E-state index is -0.863. The Bertz CT molecular complexity index is 492. The van der Waals surface area contributed by atoms with Crippen molar-refractivity contribution in [1.82, 2.24) is 4.90 Å². The first-order valence-electron chi connectivity index (χ1n) is 8.74. The second-order valence-corrected chi connectivity index (χ2v) is 7.43. The number of hydrogen-bond donors (Lipinski definition) is 0. The lowest BCUT2D eigenvalue weighted by molar-refractivity contribution is -0.500. The van der Waals surface area contributed by atoms with E-state index in [0.717, 1.165) is 17.7 Å². The molecule has 7 nitrogen and oxygen atoms in total. The van der Waals surface area contributed by atoms with Crippen LogP contribution in [0.1, 0.15) is 67.7 Å². The fourth-order valence-corrected chi connectivity index (χ4v) is 1.68. The fraction of sp³-hybridized carbons (Fsp3) is 0.778. The highest BCUT2D eigenvalue weighted by Gasteiger charge is 2.30. The SMILES string of the molecule is CCC(C)(C)OOC(CCN1C(=O)C=C(C)C1=O)OOC(C)(C)CC. The third-order valence-corrected chi connectivity index (χ3v) is 4.24. The molecule has 0 aromatic heterocycles. The maximum Gasteiger partial charge on any atom is 0.256 e. The normalized spacial score (nSPS) is 16.2. The average Bonchev–Trinajstić information content (AvgIpc) is 2.79. The van der Waals surface area contributed by atoms with Gasteiger partial charge in [0, 0.05) is 24.6 Å². The molecule has 0 unspecified atom stereocenters. The molecule has 0 atom stereocenters. The number of carbonyl (C=O) groups excluding carboxylic acids is 2. The Hall–Kier alpha value is -1.28. The Balaban J connectivity index is 2.64. The fourth-order valence-electron chi connectivity index (χ4n) is 1.68. The smallest absolute Gasteiger partial charge is 0.256 e. The number of hydrogen-bond acceptors (Lipinski definition) is 6. The van der Waals surface area contributed by atoms with Crippen LogP contribution in [0.4, 0.5) is 0 Å². The summed E-state index contributed by atoms with van der Waals surface area (Å²) < 4.78 is 0. The molecule has 1 aliphatic heterocycles. The van der Waals surface area contributed by atoms with Crippen molar-refractivity contribution >= 4 is 11.8 Å². The van der Waals surface area contributed by atoms with Gasteiger partial charge in [0.25, 0.3) is 11.8 Å². The Labute approximate surface area is 150 Å². The average molecular weight is 357 g/mol. The minimum Gasteiger partial charge on any atom is -0.275 e. The number of imide groups is 1. The molecule has 0 aromatic rings. The lowest BCUT2D eigenvalue weighted by Gasteiger charge is -2.28. The van der Waals surface area contributed by atoms with Crippen molar-refractivity contribution < 1.29 is 29.1 Å². The van der Waals surface area contributed by atoms with Crippen LogP contribution in [-0.4, -0.2) is 40.8 Å². The van der Waals surface area contributed by atoms with E-state index in [-0.39, 0.29) is 24.8 Å². The van der Waals surface area contributed by atoms with Crippen LogP contribution in [0.3, 0.4) is 0 Å². The largest absolute Gasteiger partial charge is 0.275 e. The standard InChI is InChI=1S/C18H31NO6/c1-8-17(4,5)24-22-15(23-25-18(6,7)9-2)10-11-19-14(20)12-13(3)16(19)21/h12,15H,8-11H2,1-7H3. The van der Waals surface area contributed by atoms with Crippen molar-refractivity contribution in [2.75, 3.05) is 6.54 Å². The summed E-state index contributed by atoms with van der Waals surface area (Å²) in [5.41, 5.74) is -0.548. The summed E-state index contributed by atoms with van der Waals surface area (Å²) in [6.45, 7) is 13.3. The van der Waals surface area contributed by atoms with E-state index >= 15 is 0 Å². The van der Waals surface area contributed by atoms with Crippen LogP contribution in [0.15, 0.2) is 11.6 Å². The zero-order chi connectivity index (χ0) is 19.3. The highest BCUT2D eigenvalue weighted by atomic mass is 17.3. The molecule has 144 valence electrons. The molecule has 2 amide bonds. The van der Waals surface area contributed by atoms with Crippen molar-refractivity contribution in [3.05, 3.63) is 11.6 Å². The van der Waals surface area contributed by atoms with Gasteiger partial charge in [0.2, 0.25) is 6.29 Å². The highest BCUT2D eigenvalue weighted by Crippen LogP contribution is 2.21. The topological polar surface area (TPSA) is 74.3 Å². The van der Waals surface area contributed by atoms with Gasteiger partial charge in [0.15, 0.2) is 0 Å². The molecule has 0 N–H and O–H groups in total. The lowest BCUT2D eigenvalue weighted by atomic mass is 10.1. The van der Waals surface area contributed by atoms with Crippen LogP contribution >= 0.6 is 0 Å². The zero-order valence-corrected chi connectivity index (χ0v) is 16.4. The van der Waals surface area contributed by atoms with Gasteiger partial charge in [-0.2, -0.15) is 0 Å². The molecule has 0 aliphatic carbocycles. The van der Waals surface area contributed by atoms with Crippen LogP contribution in [-0.2, 0) is 29.1 Å². The monoisotopic (exact) mass is 357 g/mol. The van der Waals surface area contributed by atoms with E-state index in [2.05, 4.69) is 0 Å². The molecule has 1 rings (SSSR count). The van der Waals surface area contributed by atoms with Crippen LogP contribution in [0.5, 0.6) is 0 Å². The molecule has 0 bridgehead atoms. The zero-order valence-electron chi connectivity index (χ0n) is 16.4. The third-order valence-electron chi connectivity index (χ3n) is 4.24. The van der Waals surface area contributed by atoms with Gasteiger partial charge in [-0.25, -0.2) is 19.6 Å². The second kappa shape index (κ2) is 8.89. The summed E-state index contributed by atoms with van der Waals surface area (Å²) in [5, 5.41) is 0. The first-order chi connectivity index (χ1) is 11.5. The predicted molar refractivity (Wildman–Crippen MR) is 92.0 cm³/mol. The van der Waals surface area contributed by atoms with Crippen LogP contribution in [0.25, 0.3) is 0 Å². The predicted octanol–water partition coefficient (Wildman–Crippen LogP) is 3.29. The van der Waals surface area contributed by atoms with E-state index in [1.54, 1.807) is 6.92 Å². The first-order valence-corrected chi connectivity index (χ1v) is 8.74. The minimum absolute atomic E-state index is 0.155. The first kappa shape index (κ1) is 21.8. The summed E-state index contributed by atoms with van der Waals surface area (Å²) in [6.07, 6.45) is 2.18. The molecule has 7 heteroatoms. The van der Waals surface area contributed by atoms with Gasteiger partial charge in [-0.3, -0.25) is 14.5 Å². The lowest BCUT2D eigenvalue weighted by Crippen LogP contribution is -2.37. The number of nitrogens with zero attached hydrogens (tertiary/aromatic N) is 1. The second-order valence-electron chi connectivity index (χ2n) is 7.43. The summed E-state index contributed by atoms with van der Waals surface area (Å²) in [7, 11) is 0. The van der Waals surface area contributed by atoms with E-state index in [4.69, 9.17) is 19.6 Å². The highest BCUT2D eigenvalue weighted by molar-refractivity contribution is 6.15. The van der Waals surface area contributed by atoms with Crippen molar-refractivity contribution in [1.29, 1.82) is 0 Å². The van der Waals surface area contributed by atoms with Gasteiger partial charge in [-0.05, 0) is 47.5 Å².